The highest BCUT2D eigenvalue weighted by molar-refractivity contribution is 5.86. The first kappa shape index (κ1) is 6.09. The summed E-state index contributed by atoms with van der Waals surface area (Å²) < 4.78 is 4.98. The van der Waals surface area contributed by atoms with Crippen molar-refractivity contribution in [2.24, 2.45) is 0 Å². The van der Waals surface area contributed by atoms with Gasteiger partial charge in [-0.15, -0.1) is 0 Å². The van der Waals surface area contributed by atoms with Gasteiger partial charge in [0.05, 0.1) is 11.6 Å². The molecule has 0 aliphatic carbocycles. The van der Waals surface area contributed by atoms with Crippen molar-refractivity contribution in [2.45, 2.75) is 0 Å². The number of aromatic hydroxyl groups is 2. The lowest BCUT2D eigenvalue weighted by atomic mass is 10.2. The molecule has 2 aromatic rings. The number of phenols is 2. The van der Waals surface area contributed by atoms with Crippen LogP contribution in [-0.2, 0) is 0 Å². The highest BCUT2D eigenvalue weighted by Crippen LogP contribution is 2.33. The van der Waals surface area contributed by atoms with Crippen molar-refractivity contribution in [1.82, 2.24) is 0 Å². The van der Waals surface area contributed by atoms with Crippen molar-refractivity contribution in [3.8, 4) is 11.5 Å². The van der Waals surface area contributed by atoms with Crippen LogP contribution in [0.1, 0.15) is 0 Å². The van der Waals surface area contributed by atoms with Crippen molar-refractivity contribution < 1.29 is 14.6 Å². The van der Waals surface area contributed by atoms with E-state index in [1.165, 1.54) is 12.3 Å². The fraction of sp³-hybridized carbons (Fsp3) is 0. The molecule has 0 aliphatic heterocycles. The van der Waals surface area contributed by atoms with Crippen LogP contribution in [0.5, 0.6) is 11.5 Å². The molecule has 0 atom stereocenters. The molecule has 0 amide bonds. The second-order valence-corrected chi connectivity index (χ2v) is 2.27. The van der Waals surface area contributed by atoms with Gasteiger partial charge in [-0.05, 0) is 18.2 Å². The van der Waals surface area contributed by atoms with Gasteiger partial charge < -0.3 is 14.6 Å². The molecule has 0 saturated heterocycles. The molecular weight excluding hydrogens is 144 g/mol. The molecule has 0 radical (unpaired) electrons. The predicted octanol–water partition coefficient (Wildman–Crippen LogP) is 1.84. The number of rotatable bonds is 0. The Labute approximate surface area is 62.5 Å². The van der Waals surface area contributed by atoms with E-state index < -0.39 is 0 Å². The van der Waals surface area contributed by atoms with Crippen molar-refractivity contribution in [3.63, 3.8) is 0 Å². The van der Waals surface area contributed by atoms with Crippen LogP contribution in [0.25, 0.3) is 11.0 Å². The third kappa shape index (κ3) is 0.741. The maximum atomic E-state index is 9.24. The van der Waals surface area contributed by atoms with Crippen LogP contribution in [0.4, 0.5) is 0 Å². The number of hydrogen-bond donors (Lipinski definition) is 2. The molecule has 1 heterocycles. The molecule has 0 bridgehead atoms. The quantitative estimate of drug-likeness (QED) is 0.563. The fourth-order valence-electron chi connectivity index (χ4n) is 1.02. The summed E-state index contributed by atoms with van der Waals surface area (Å²) in [4.78, 5) is 0. The molecule has 1 aromatic carbocycles. The van der Waals surface area contributed by atoms with Crippen LogP contribution in [0.15, 0.2) is 28.9 Å². The number of hydrogen-bond acceptors (Lipinski definition) is 3. The van der Waals surface area contributed by atoms with Gasteiger partial charge in [0.25, 0.3) is 0 Å². The van der Waals surface area contributed by atoms with E-state index in [0.29, 0.717) is 11.0 Å². The summed E-state index contributed by atoms with van der Waals surface area (Å²) in [6.45, 7) is 0. The minimum absolute atomic E-state index is 0.126. The highest BCUT2D eigenvalue weighted by Gasteiger charge is 2.05. The molecule has 0 unspecified atom stereocenters. The average molecular weight is 150 g/mol. The molecule has 0 saturated carbocycles. The van der Waals surface area contributed by atoms with E-state index in [-0.39, 0.29) is 11.5 Å². The van der Waals surface area contributed by atoms with Gasteiger partial charge in [-0.2, -0.15) is 0 Å². The number of furan rings is 1. The molecule has 2 rings (SSSR count). The summed E-state index contributed by atoms with van der Waals surface area (Å²) in [5, 5.41) is 18.8. The standard InChI is InChI=1S/C8H6O3/c9-6-1-2-7-5(8(6)10)3-4-11-7/h1-4,9-10H. The summed E-state index contributed by atoms with van der Waals surface area (Å²) in [6.07, 6.45) is 1.46. The summed E-state index contributed by atoms with van der Waals surface area (Å²) >= 11 is 0. The molecule has 56 valence electrons. The monoisotopic (exact) mass is 150 g/mol. The Morgan fingerprint density at radius 1 is 1.09 bits per heavy atom. The van der Waals surface area contributed by atoms with E-state index in [2.05, 4.69) is 0 Å². The van der Waals surface area contributed by atoms with Gasteiger partial charge in [-0.1, -0.05) is 0 Å². The lowest BCUT2D eigenvalue weighted by Crippen LogP contribution is -1.68. The topological polar surface area (TPSA) is 53.6 Å². The molecule has 3 heteroatoms. The van der Waals surface area contributed by atoms with Gasteiger partial charge in [0, 0.05) is 0 Å². The van der Waals surface area contributed by atoms with Crippen LogP contribution in [0.2, 0.25) is 0 Å². The van der Waals surface area contributed by atoms with Gasteiger partial charge in [-0.3, -0.25) is 0 Å². The average Bonchev–Trinajstić information content (AvgIpc) is 2.45. The first-order valence-electron chi connectivity index (χ1n) is 3.17. The lowest BCUT2D eigenvalue weighted by Gasteiger charge is -1.95. The molecule has 2 N–H and O–H groups in total. The second kappa shape index (κ2) is 1.92. The summed E-state index contributed by atoms with van der Waals surface area (Å²) in [7, 11) is 0. The van der Waals surface area contributed by atoms with E-state index >= 15 is 0 Å². The molecule has 0 aliphatic rings. The summed E-state index contributed by atoms with van der Waals surface area (Å²) in [5.74, 6) is -0.254. The van der Waals surface area contributed by atoms with Gasteiger partial charge in [0.1, 0.15) is 5.58 Å². The van der Waals surface area contributed by atoms with Crippen molar-refractivity contribution in [1.29, 1.82) is 0 Å². The molecule has 0 spiro atoms. The first-order valence-corrected chi connectivity index (χ1v) is 3.17. The SMILES string of the molecule is Oc1ccc2occc2c1O. The first-order chi connectivity index (χ1) is 5.29. The van der Waals surface area contributed by atoms with E-state index in [0.717, 1.165) is 0 Å². The smallest absolute Gasteiger partial charge is 0.168 e. The minimum atomic E-state index is -0.128. The second-order valence-electron chi connectivity index (χ2n) is 2.27. The molecule has 3 nitrogen and oxygen atoms in total. The maximum Gasteiger partial charge on any atom is 0.168 e. The largest absolute Gasteiger partial charge is 0.504 e. The van der Waals surface area contributed by atoms with Crippen LogP contribution >= 0.6 is 0 Å². The lowest BCUT2D eigenvalue weighted by molar-refractivity contribution is 0.408. The normalized spacial score (nSPS) is 10.5. The van der Waals surface area contributed by atoms with E-state index in [4.69, 9.17) is 9.52 Å². The Morgan fingerprint density at radius 2 is 1.91 bits per heavy atom. The maximum absolute atomic E-state index is 9.24. The van der Waals surface area contributed by atoms with Crippen LogP contribution < -0.4 is 0 Å². The third-order valence-electron chi connectivity index (χ3n) is 1.59. The number of fused-ring (bicyclic) bond motifs is 1. The Balaban J connectivity index is 2.93. The Bertz CT molecular complexity index is 389. The van der Waals surface area contributed by atoms with Crippen molar-refractivity contribution in [2.75, 3.05) is 0 Å². The van der Waals surface area contributed by atoms with Crippen molar-refractivity contribution in [3.05, 3.63) is 24.5 Å². The predicted molar refractivity (Wildman–Crippen MR) is 39.5 cm³/mol. The van der Waals surface area contributed by atoms with Gasteiger partial charge in [0.15, 0.2) is 11.5 Å². The van der Waals surface area contributed by atoms with Gasteiger partial charge in [-0.25, -0.2) is 0 Å². The number of phenolic OH excluding ortho intramolecular Hbond substituents is 2. The Kier molecular flexibility index (Phi) is 1.06. The Morgan fingerprint density at radius 3 is 2.73 bits per heavy atom. The van der Waals surface area contributed by atoms with Crippen LogP contribution in [0, 0.1) is 0 Å². The van der Waals surface area contributed by atoms with Gasteiger partial charge in [0.2, 0.25) is 0 Å². The zero-order valence-corrected chi connectivity index (χ0v) is 5.61. The molecule has 0 fully saturated rings. The summed E-state index contributed by atoms with van der Waals surface area (Å²) in [6, 6.07) is 4.59. The molecule has 1 aromatic heterocycles. The van der Waals surface area contributed by atoms with E-state index in [9.17, 15) is 5.11 Å². The number of benzene rings is 1. The third-order valence-corrected chi connectivity index (χ3v) is 1.59. The minimum Gasteiger partial charge on any atom is -0.504 e. The molecule has 11 heavy (non-hydrogen) atoms. The zero-order valence-electron chi connectivity index (χ0n) is 5.61. The zero-order chi connectivity index (χ0) is 7.84. The van der Waals surface area contributed by atoms with Crippen LogP contribution in [-0.4, -0.2) is 10.2 Å². The van der Waals surface area contributed by atoms with Crippen molar-refractivity contribution >= 4 is 11.0 Å². The van der Waals surface area contributed by atoms with E-state index in [1.807, 2.05) is 0 Å². The summed E-state index contributed by atoms with van der Waals surface area (Å²) in [5.41, 5.74) is 0.570. The van der Waals surface area contributed by atoms with Crippen LogP contribution in [0.3, 0.4) is 0 Å². The molecular formula is C8H6O3. The fourth-order valence-corrected chi connectivity index (χ4v) is 1.02. The highest BCUT2D eigenvalue weighted by atomic mass is 16.3. The Hall–Kier alpha value is -1.64. The van der Waals surface area contributed by atoms with Gasteiger partial charge >= 0.3 is 0 Å². The van der Waals surface area contributed by atoms with E-state index in [1.54, 1.807) is 12.1 Å².